The maximum atomic E-state index is 12.6. The van der Waals surface area contributed by atoms with Crippen LogP contribution in [0.4, 0.5) is 0 Å². The van der Waals surface area contributed by atoms with Crippen molar-refractivity contribution >= 4 is 30.7 Å². The van der Waals surface area contributed by atoms with Crippen LogP contribution in [0.15, 0.2) is 54.6 Å². The number of carbonyl (C=O) groups is 1. The number of hydrogen-bond acceptors (Lipinski definition) is 3. The normalized spacial score (nSPS) is 13.6. The highest BCUT2D eigenvalue weighted by molar-refractivity contribution is 5.85. The van der Waals surface area contributed by atoms with Crippen LogP contribution in [0, 0.1) is 5.92 Å². The third-order valence-corrected chi connectivity index (χ3v) is 5.00. The Balaban J connectivity index is 0.00000364. The highest BCUT2D eigenvalue weighted by Crippen LogP contribution is 2.21. The summed E-state index contributed by atoms with van der Waals surface area (Å²) in [5.41, 5.74) is 9.78. The summed E-state index contributed by atoms with van der Waals surface area (Å²) in [6.07, 6.45) is 1.03. The first-order valence-electron chi connectivity index (χ1n) is 9.27. The van der Waals surface area contributed by atoms with Crippen LogP contribution in [0.1, 0.15) is 42.6 Å². The molecule has 1 amide bonds. The van der Waals surface area contributed by atoms with E-state index in [-0.39, 0.29) is 48.7 Å². The topological polar surface area (TPSA) is 58.4 Å². The van der Waals surface area contributed by atoms with Gasteiger partial charge in [-0.2, -0.15) is 0 Å². The Morgan fingerprint density at radius 1 is 1.00 bits per heavy atom. The van der Waals surface area contributed by atoms with Crippen molar-refractivity contribution in [3.8, 4) is 0 Å². The SMILES string of the molecule is CCc1ccc(C(CNC(=O)C(C)C(N)c2ccccc2)N(C)C)cc1.Cl.Cl. The average molecular weight is 426 g/mol. The maximum absolute atomic E-state index is 12.6. The van der Waals surface area contributed by atoms with Gasteiger partial charge in [-0.3, -0.25) is 4.79 Å². The number of nitrogens with zero attached hydrogens (tertiary/aromatic N) is 1. The first-order valence-corrected chi connectivity index (χ1v) is 9.27. The zero-order valence-electron chi connectivity index (χ0n) is 17.1. The van der Waals surface area contributed by atoms with Crippen molar-refractivity contribution < 1.29 is 4.79 Å². The van der Waals surface area contributed by atoms with E-state index >= 15 is 0 Å². The molecule has 2 aromatic carbocycles. The molecule has 0 radical (unpaired) electrons. The molecule has 6 heteroatoms. The van der Waals surface area contributed by atoms with Crippen LogP contribution in [-0.4, -0.2) is 31.4 Å². The minimum atomic E-state index is -0.308. The fourth-order valence-electron chi connectivity index (χ4n) is 3.06. The zero-order valence-corrected chi connectivity index (χ0v) is 18.7. The van der Waals surface area contributed by atoms with Gasteiger partial charge in [-0.05, 0) is 37.2 Å². The molecule has 0 saturated carbocycles. The number of amides is 1. The van der Waals surface area contributed by atoms with Crippen molar-refractivity contribution in [1.29, 1.82) is 0 Å². The van der Waals surface area contributed by atoms with Gasteiger partial charge in [0.1, 0.15) is 0 Å². The molecule has 0 fully saturated rings. The van der Waals surface area contributed by atoms with E-state index in [4.69, 9.17) is 5.73 Å². The van der Waals surface area contributed by atoms with Gasteiger partial charge in [0, 0.05) is 12.6 Å². The molecule has 0 aliphatic carbocycles. The van der Waals surface area contributed by atoms with Crippen LogP contribution < -0.4 is 11.1 Å². The van der Waals surface area contributed by atoms with E-state index in [1.807, 2.05) is 51.4 Å². The Kier molecular flexibility index (Phi) is 12.1. The number of hydrogen-bond donors (Lipinski definition) is 2. The van der Waals surface area contributed by atoms with E-state index in [1.165, 1.54) is 11.1 Å². The molecule has 4 nitrogen and oxygen atoms in total. The summed E-state index contributed by atoms with van der Waals surface area (Å²) in [6, 6.07) is 18.2. The van der Waals surface area contributed by atoms with Gasteiger partial charge in [0.2, 0.25) is 5.91 Å². The minimum Gasteiger partial charge on any atom is -0.354 e. The lowest BCUT2D eigenvalue weighted by molar-refractivity contribution is -0.125. The van der Waals surface area contributed by atoms with Crippen molar-refractivity contribution in [2.45, 2.75) is 32.4 Å². The first-order chi connectivity index (χ1) is 12.4. The standard InChI is InChI=1S/C22H31N3O.2ClH/c1-5-17-11-13-18(14-12-17)20(25(3)4)15-24-22(26)16(2)21(23)19-9-7-6-8-10-19;;/h6-14,16,20-21H,5,15,23H2,1-4H3,(H,24,26);2*1H. The van der Waals surface area contributed by atoms with E-state index in [1.54, 1.807) is 0 Å². The van der Waals surface area contributed by atoms with Crippen LogP contribution >= 0.6 is 24.8 Å². The molecule has 28 heavy (non-hydrogen) atoms. The van der Waals surface area contributed by atoms with Crippen LogP contribution in [0.2, 0.25) is 0 Å². The van der Waals surface area contributed by atoms with Gasteiger partial charge in [-0.1, -0.05) is 68.4 Å². The van der Waals surface area contributed by atoms with Gasteiger partial charge in [0.15, 0.2) is 0 Å². The van der Waals surface area contributed by atoms with Gasteiger partial charge in [-0.25, -0.2) is 0 Å². The van der Waals surface area contributed by atoms with Gasteiger partial charge in [0.25, 0.3) is 0 Å². The number of benzene rings is 2. The summed E-state index contributed by atoms with van der Waals surface area (Å²) >= 11 is 0. The molecule has 0 aliphatic rings. The van der Waals surface area contributed by atoms with Gasteiger partial charge >= 0.3 is 0 Å². The molecule has 3 atom stereocenters. The van der Waals surface area contributed by atoms with Crippen LogP contribution in [-0.2, 0) is 11.2 Å². The smallest absolute Gasteiger partial charge is 0.224 e. The minimum absolute atomic E-state index is 0. The van der Waals surface area contributed by atoms with Crippen molar-refractivity contribution in [2.24, 2.45) is 11.7 Å². The molecule has 0 spiro atoms. The molecular weight excluding hydrogens is 393 g/mol. The quantitative estimate of drug-likeness (QED) is 0.667. The fourth-order valence-corrected chi connectivity index (χ4v) is 3.06. The summed E-state index contributed by atoms with van der Waals surface area (Å²) in [5, 5.41) is 3.08. The molecule has 0 aromatic heterocycles. The van der Waals surface area contributed by atoms with Crippen LogP contribution in [0.5, 0.6) is 0 Å². The molecule has 0 aliphatic heterocycles. The summed E-state index contributed by atoms with van der Waals surface area (Å²) in [6.45, 7) is 4.59. The lowest BCUT2D eigenvalue weighted by Gasteiger charge is -2.27. The number of aryl methyl sites for hydroxylation is 1. The molecule has 3 unspecified atom stereocenters. The Morgan fingerprint density at radius 3 is 2.07 bits per heavy atom. The highest BCUT2D eigenvalue weighted by Gasteiger charge is 2.23. The molecule has 2 aromatic rings. The number of likely N-dealkylation sites (N-methyl/N-ethyl adjacent to an activating group) is 1. The molecule has 156 valence electrons. The third-order valence-electron chi connectivity index (χ3n) is 5.00. The molecule has 2 rings (SSSR count). The molecule has 3 N–H and O–H groups in total. The molecule has 0 saturated heterocycles. The van der Waals surface area contributed by atoms with Gasteiger partial charge in [-0.15, -0.1) is 24.8 Å². The zero-order chi connectivity index (χ0) is 19.1. The molecule has 0 bridgehead atoms. The van der Waals surface area contributed by atoms with Crippen molar-refractivity contribution in [2.75, 3.05) is 20.6 Å². The molecule has 0 heterocycles. The van der Waals surface area contributed by atoms with Gasteiger partial charge < -0.3 is 16.0 Å². The third kappa shape index (κ3) is 7.10. The van der Waals surface area contributed by atoms with E-state index in [0.29, 0.717) is 6.54 Å². The van der Waals surface area contributed by atoms with Crippen molar-refractivity contribution in [3.63, 3.8) is 0 Å². The second-order valence-corrected chi connectivity index (χ2v) is 7.04. The lowest BCUT2D eigenvalue weighted by Crippen LogP contribution is -2.40. The molecular formula is C22H33Cl2N3O. The van der Waals surface area contributed by atoms with Gasteiger partial charge in [0.05, 0.1) is 12.0 Å². The van der Waals surface area contributed by atoms with Crippen LogP contribution in [0.3, 0.4) is 0 Å². The Hall–Kier alpha value is -1.59. The Labute approximate surface area is 181 Å². The van der Waals surface area contributed by atoms with E-state index in [0.717, 1.165) is 12.0 Å². The summed E-state index contributed by atoms with van der Waals surface area (Å²) in [5.74, 6) is -0.305. The van der Waals surface area contributed by atoms with E-state index < -0.39 is 0 Å². The van der Waals surface area contributed by atoms with E-state index in [9.17, 15) is 4.79 Å². The largest absolute Gasteiger partial charge is 0.354 e. The van der Waals surface area contributed by atoms with Crippen molar-refractivity contribution in [1.82, 2.24) is 10.2 Å². The Morgan fingerprint density at radius 2 is 1.57 bits per heavy atom. The number of nitrogens with two attached hydrogens (primary N) is 1. The Bertz CT molecular complexity index is 693. The number of rotatable bonds is 8. The van der Waals surface area contributed by atoms with Crippen molar-refractivity contribution in [3.05, 3.63) is 71.3 Å². The van der Waals surface area contributed by atoms with E-state index in [2.05, 4.69) is 41.4 Å². The summed E-state index contributed by atoms with van der Waals surface area (Å²) < 4.78 is 0. The predicted octanol–water partition coefficient (Wildman–Crippen LogP) is 4.15. The summed E-state index contributed by atoms with van der Waals surface area (Å²) in [7, 11) is 4.06. The number of nitrogens with one attached hydrogen (secondary N) is 1. The second kappa shape index (κ2) is 12.8. The maximum Gasteiger partial charge on any atom is 0.224 e. The number of carbonyl (C=O) groups excluding carboxylic acids is 1. The number of halogens is 2. The fraction of sp³-hybridized carbons (Fsp3) is 0.409. The van der Waals surface area contributed by atoms with Crippen LogP contribution in [0.25, 0.3) is 0 Å². The highest BCUT2D eigenvalue weighted by atomic mass is 35.5. The first kappa shape index (κ1) is 26.4. The average Bonchev–Trinajstić information content (AvgIpc) is 2.67. The summed E-state index contributed by atoms with van der Waals surface area (Å²) in [4.78, 5) is 14.7. The monoisotopic (exact) mass is 425 g/mol. The second-order valence-electron chi connectivity index (χ2n) is 7.04. The lowest BCUT2D eigenvalue weighted by atomic mass is 9.94. The predicted molar refractivity (Wildman–Crippen MR) is 122 cm³/mol.